The first-order valence-electron chi connectivity index (χ1n) is 8.78. The molecule has 0 amide bonds. The molecule has 0 spiro atoms. The minimum absolute atomic E-state index is 0.0321. The first-order valence-corrected chi connectivity index (χ1v) is 8.78. The van der Waals surface area contributed by atoms with E-state index in [1.165, 1.54) is 19.1 Å². The Hall–Kier alpha value is -1.43. The molecule has 0 aliphatic carbocycles. The highest BCUT2D eigenvalue weighted by Crippen LogP contribution is 2.13. The second kappa shape index (κ2) is 11.2. The number of carbonyl (C=O) groups is 1. The van der Waals surface area contributed by atoms with Crippen LogP contribution in [0, 0.1) is 0 Å². The van der Waals surface area contributed by atoms with Crippen molar-refractivity contribution in [2.24, 2.45) is 0 Å². The highest BCUT2D eigenvalue weighted by molar-refractivity contribution is 5.89. The molecular weight excluding hydrogens is 308 g/mol. The Balaban J connectivity index is 1.47. The zero-order valence-corrected chi connectivity index (χ0v) is 14.5. The van der Waals surface area contributed by atoms with Crippen molar-refractivity contribution in [2.45, 2.75) is 44.8 Å². The molecule has 134 valence electrons. The van der Waals surface area contributed by atoms with Crippen molar-refractivity contribution in [3.05, 3.63) is 35.4 Å². The van der Waals surface area contributed by atoms with Crippen LogP contribution in [0.15, 0.2) is 24.3 Å². The molecule has 1 fully saturated rings. The maximum absolute atomic E-state index is 11.4. The normalized spacial score (nSPS) is 17.6. The van der Waals surface area contributed by atoms with Gasteiger partial charge in [0.15, 0.2) is 6.29 Å². The van der Waals surface area contributed by atoms with Crippen LogP contribution in [0.2, 0.25) is 0 Å². The van der Waals surface area contributed by atoms with Crippen molar-refractivity contribution in [1.29, 1.82) is 0 Å². The number of rotatable bonds is 10. The van der Waals surface area contributed by atoms with Crippen LogP contribution in [0.25, 0.3) is 0 Å². The van der Waals surface area contributed by atoms with Gasteiger partial charge in [-0.3, -0.25) is 0 Å². The topological polar surface area (TPSA) is 54.0 Å². The summed E-state index contributed by atoms with van der Waals surface area (Å²) in [5.74, 6) is -0.296. The Labute approximate surface area is 144 Å². The van der Waals surface area contributed by atoms with Gasteiger partial charge in [0.1, 0.15) is 0 Å². The summed E-state index contributed by atoms with van der Waals surface area (Å²) in [5.41, 5.74) is 1.81. The van der Waals surface area contributed by atoms with Gasteiger partial charge in [0, 0.05) is 13.2 Å². The van der Waals surface area contributed by atoms with Gasteiger partial charge < -0.3 is 18.9 Å². The number of hydrogen-bond acceptors (Lipinski definition) is 5. The number of esters is 1. The molecule has 1 heterocycles. The quantitative estimate of drug-likeness (QED) is 0.484. The molecule has 0 saturated carbocycles. The van der Waals surface area contributed by atoms with Crippen molar-refractivity contribution in [2.75, 3.05) is 33.5 Å². The molecule has 1 aliphatic rings. The predicted octanol–water partition coefficient (Wildman–Crippen LogP) is 3.36. The van der Waals surface area contributed by atoms with Crippen LogP contribution in [0.4, 0.5) is 0 Å². The molecule has 1 unspecified atom stereocenters. The third-order valence-electron chi connectivity index (χ3n) is 4.05. The fourth-order valence-electron chi connectivity index (χ4n) is 2.64. The molecular formula is C19H28O5. The average Bonchev–Trinajstić information content (AvgIpc) is 2.64. The van der Waals surface area contributed by atoms with Gasteiger partial charge in [0.05, 0.1) is 25.9 Å². The summed E-state index contributed by atoms with van der Waals surface area (Å²) in [6.07, 6.45) is 6.35. The van der Waals surface area contributed by atoms with Crippen LogP contribution in [-0.2, 0) is 25.4 Å². The zero-order chi connectivity index (χ0) is 17.0. The highest BCUT2D eigenvalue weighted by atomic mass is 16.7. The maximum Gasteiger partial charge on any atom is 0.337 e. The molecule has 5 heteroatoms. The zero-order valence-electron chi connectivity index (χ0n) is 14.5. The van der Waals surface area contributed by atoms with E-state index in [4.69, 9.17) is 14.2 Å². The van der Waals surface area contributed by atoms with Crippen molar-refractivity contribution < 1.29 is 23.7 Å². The van der Waals surface area contributed by atoms with Gasteiger partial charge in [-0.05, 0) is 56.2 Å². The number of carbonyl (C=O) groups excluding carboxylic acids is 1. The Morgan fingerprint density at radius 3 is 2.67 bits per heavy atom. The summed E-state index contributed by atoms with van der Waals surface area (Å²) in [7, 11) is 1.39. The Morgan fingerprint density at radius 1 is 1.12 bits per heavy atom. The monoisotopic (exact) mass is 336 g/mol. The van der Waals surface area contributed by atoms with E-state index in [0.717, 1.165) is 45.3 Å². The first kappa shape index (κ1) is 18.9. The second-order valence-electron chi connectivity index (χ2n) is 5.92. The fraction of sp³-hybridized carbons (Fsp3) is 0.632. The number of ether oxygens (including phenoxy) is 4. The standard InChI is InChI=1S/C19H28O5/c1-21-19(20)17-10-8-16(9-11-17)6-2-4-12-22-14-15-24-18-7-3-5-13-23-18/h8-11,18H,2-7,12-15H2,1H3. The SMILES string of the molecule is COC(=O)c1ccc(CCCCOCCOC2CCCCO2)cc1. The Kier molecular flexibility index (Phi) is 8.81. The van der Waals surface area contributed by atoms with Crippen LogP contribution in [-0.4, -0.2) is 45.8 Å². The van der Waals surface area contributed by atoms with Gasteiger partial charge in [-0.25, -0.2) is 4.79 Å². The summed E-state index contributed by atoms with van der Waals surface area (Å²) < 4.78 is 21.4. The van der Waals surface area contributed by atoms with E-state index in [0.29, 0.717) is 18.8 Å². The number of aryl methyl sites for hydroxylation is 1. The molecule has 1 aromatic rings. The molecule has 0 N–H and O–H groups in total. The van der Waals surface area contributed by atoms with Gasteiger partial charge in [0.25, 0.3) is 0 Å². The van der Waals surface area contributed by atoms with Crippen LogP contribution in [0.3, 0.4) is 0 Å². The molecule has 5 nitrogen and oxygen atoms in total. The molecule has 1 aromatic carbocycles. The molecule has 0 aromatic heterocycles. The maximum atomic E-state index is 11.4. The Morgan fingerprint density at radius 2 is 1.96 bits per heavy atom. The van der Waals surface area contributed by atoms with Crippen molar-refractivity contribution in [3.8, 4) is 0 Å². The smallest absolute Gasteiger partial charge is 0.337 e. The largest absolute Gasteiger partial charge is 0.465 e. The number of benzene rings is 1. The summed E-state index contributed by atoms with van der Waals surface area (Å²) >= 11 is 0. The molecule has 1 aliphatic heterocycles. The number of unbranched alkanes of at least 4 members (excludes halogenated alkanes) is 1. The summed E-state index contributed by atoms with van der Waals surface area (Å²) in [4.78, 5) is 11.4. The third kappa shape index (κ3) is 6.99. The summed E-state index contributed by atoms with van der Waals surface area (Å²) in [6.45, 7) is 2.77. The number of hydrogen-bond donors (Lipinski definition) is 0. The average molecular weight is 336 g/mol. The van der Waals surface area contributed by atoms with E-state index >= 15 is 0 Å². The lowest BCUT2D eigenvalue weighted by atomic mass is 10.1. The number of methoxy groups -OCH3 is 1. The lowest BCUT2D eigenvalue weighted by Gasteiger charge is -2.22. The predicted molar refractivity (Wildman–Crippen MR) is 91.1 cm³/mol. The highest BCUT2D eigenvalue weighted by Gasteiger charge is 2.13. The molecule has 0 radical (unpaired) electrons. The van der Waals surface area contributed by atoms with E-state index in [2.05, 4.69) is 4.74 Å². The Bertz CT molecular complexity index is 465. The molecule has 1 saturated heterocycles. The van der Waals surface area contributed by atoms with E-state index in [-0.39, 0.29) is 12.3 Å². The van der Waals surface area contributed by atoms with Crippen LogP contribution >= 0.6 is 0 Å². The van der Waals surface area contributed by atoms with Crippen molar-refractivity contribution in [3.63, 3.8) is 0 Å². The van der Waals surface area contributed by atoms with E-state index in [1.807, 2.05) is 24.3 Å². The van der Waals surface area contributed by atoms with Gasteiger partial charge in [-0.1, -0.05) is 12.1 Å². The van der Waals surface area contributed by atoms with E-state index in [1.54, 1.807) is 0 Å². The van der Waals surface area contributed by atoms with Gasteiger partial charge >= 0.3 is 5.97 Å². The second-order valence-corrected chi connectivity index (χ2v) is 5.92. The van der Waals surface area contributed by atoms with Crippen LogP contribution < -0.4 is 0 Å². The minimum Gasteiger partial charge on any atom is -0.465 e. The molecule has 24 heavy (non-hydrogen) atoms. The van der Waals surface area contributed by atoms with Crippen molar-refractivity contribution >= 4 is 5.97 Å². The third-order valence-corrected chi connectivity index (χ3v) is 4.05. The fourth-order valence-corrected chi connectivity index (χ4v) is 2.64. The van der Waals surface area contributed by atoms with Crippen molar-refractivity contribution in [1.82, 2.24) is 0 Å². The van der Waals surface area contributed by atoms with Gasteiger partial charge in [-0.15, -0.1) is 0 Å². The van der Waals surface area contributed by atoms with E-state index < -0.39 is 0 Å². The lowest BCUT2D eigenvalue weighted by Crippen LogP contribution is -2.24. The first-order chi connectivity index (χ1) is 11.8. The van der Waals surface area contributed by atoms with Gasteiger partial charge in [0.2, 0.25) is 0 Å². The molecule has 2 rings (SSSR count). The van der Waals surface area contributed by atoms with Crippen LogP contribution in [0.5, 0.6) is 0 Å². The summed E-state index contributed by atoms with van der Waals surface area (Å²) in [5, 5.41) is 0. The molecule has 0 bridgehead atoms. The minimum atomic E-state index is -0.296. The van der Waals surface area contributed by atoms with Crippen LogP contribution in [0.1, 0.15) is 48.0 Å². The molecule has 1 atom stereocenters. The lowest BCUT2D eigenvalue weighted by molar-refractivity contribution is -0.169. The van der Waals surface area contributed by atoms with Gasteiger partial charge in [-0.2, -0.15) is 0 Å². The van der Waals surface area contributed by atoms with E-state index in [9.17, 15) is 4.79 Å². The summed E-state index contributed by atoms with van der Waals surface area (Å²) in [6, 6.07) is 7.57.